The highest BCUT2D eigenvalue weighted by molar-refractivity contribution is 9.10. The van der Waals surface area contributed by atoms with Crippen molar-refractivity contribution < 1.29 is 14.6 Å². The highest BCUT2D eigenvalue weighted by Gasteiger charge is 2.38. The Labute approximate surface area is 114 Å². The van der Waals surface area contributed by atoms with Crippen molar-refractivity contribution in [3.8, 4) is 5.75 Å². The summed E-state index contributed by atoms with van der Waals surface area (Å²) < 4.78 is 5.82. The van der Waals surface area contributed by atoms with Gasteiger partial charge in [-0.25, -0.2) is 0 Å². The molecule has 1 aromatic rings. The van der Waals surface area contributed by atoms with Gasteiger partial charge >= 0.3 is 0 Å². The summed E-state index contributed by atoms with van der Waals surface area (Å²) >= 11 is 3.35. The number of hydrogen-bond donors (Lipinski definition) is 2. The van der Waals surface area contributed by atoms with E-state index >= 15 is 0 Å². The molecular weight excluding hydrogens is 298 g/mol. The number of rotatable bonds is 4. The maximum atomic E-state index is 12.2. The highest BCUT2D eigenvalue weighted by atomic mass is 79.9. The zero-order valence-electron chi connectivity index (χ0n) is 10.2. The molecule has 1 aliphatic carbocycles. The second-order valence-corrected chi connectivity index (χ2v) is 5.45. The lowest BCUT2D eigenvalue weighted by atomic mass is 9.77. The van der Waals surface area contributed by atoms with Gasteiger partial charge in [0.05, 0.1) is 24.8 Å². The van der Waals surface area contributed by atoms with Crippen LogP contribution in [0.15, 0.2) is 22.7 Å². The molecule has 0 aromatic heterocycles. The van der Waals surface area contributed by atoms with Crippen LogP contribution in [0, 0.1) is 0 Å². The fourth-order valence-electron chi connectivity index (χ4n) is 2.04. The van der Waals surface area contributed by atoms with Crippen molar-refractivity contribution in [1.82, 2.24) is 5.32 Å². The third kappa shape index (κ3) is 2.52. The first-order chi connectivity index (χ1) is 8.60. The highest BCUT2D eigenvalue weighted by Crippen LogP contribution is 2.32. The average Bonchev–Trinajstić information content (AvgIpc) is 2.34. The number of nitrogens with one attached hydrogen (secondary N) is 1. The summed E-state index contributed by atoms with van der Waals surface area (Å²) in [6.45, 7) is -0.0136. The zero-order chi connectivity index (χ0) is 13.2. The van der Waals surface area contributed by atoms with Crippen LogP contribution in [0.25, 0.3) is 0 Å². The zero-order valence-corrected chi connectivity index (χ0v) is 11.8. The molecule has 1 aliphatic rings. The minimum Gasteiger partial charge on any atom is -0.497 e. The Morgan fingerprint density at radius 3 is 2.78 bits per heavy atom. The third-order valence-electron chi connectivity index (χ3n) is 3.41. The first-order valence-corrected chi connectivity index (χ1v) is 6.66. The van der Waals surface area contributed by atoms with Gasteiger partial charge in [0.2, 0.25) is 0 Å². The number of amides is 1. The monoisotopic (exact) mass is 313 g/mol. The van der Waals surface area contributed by atoms with E-state index in [0.29, 0.717) is 15.8 Å². The van der Waals surface area contributed by atoms with Crippen LogP contribution in [0.4, 0.5) is 0 Å². The van der Waals surface area contributed by atoms with Gasteiger partial charge in [-0.2, -0.15) is 0 Å². The molecule has 2 rings (SSSR count). The van der Waals surface area contributed by atoms with E-state index in [1.54, 1.807) is 25.3 Å². The van der Waals surface area contributed by atoms with E-state index in [-0.39, 0.29) is 12.5 Å². The average molecular weight is 314 g/mol. The van der Waals surface area contributed by atoms with Crippen LogP contribution in [0.3, 0.4) is 0 Å². The summed E-state index contributed by atoms with van der Waals surface area (Å²) in [4.78, 5) is 12.2. The van der Waals surface area contributed by atoms with Gasteiger partial charge in [0.1, 0.15) is 5.75 Å². The van der Waals surface area contributed by atoms with Gasteiger partial charge < -0.3 is 15.2 Å². The fourth-order valence-corrected chi connectivity index (χ4v) is 2.47. The van der Waals surface area contributed by atoms with Crippen molar-refractivity contribution in [3.63, 3.8) is 0 Å². The Bertz CT molecular complexity index is 452. The summed E-state index contributed by atoms with van der Waals surface area (Å²) in [5.74, 6) is 0.449. The van der Waals surface area contributed by atoms with Gasteiger partial charge in [-0.15, -0.1) is 0 Å². The number of hydrogen-bond acceptors (Lipinski definition) is 3. The Morgan fingerprint density at radius 1 is 1.56 bits per heavy atom. The molecule has 1 amide bonds. The molecule has 0 radical (unpaired) electrons. The number of carbonyl (C=O) groups excluding carboxylic acids is 1. The minimum atomic E-state index is -0.431. The number of aliphatic hydroxyl groups is 1. The molecule has 1 fully saturated rings. The van der Waals surface area contributed by atoms with Crippen molar-refractivity contribution in [2.45, 2.75) is 24.8 Å². The first-order valence-electron chi connectivity index (χ1n) is 5.87. The Balaban J connectivity index is 2.18. The smallest absolute Gasteiger partial charge is 0.253 e. The predicted molar refractivity (Wildman–Crippen MR) is 71.8 cm³/mol. The molecule has 5 heteroatoms. The topological polar surface area (TPSA) is 58.6 Å². The first kappa shape index (κ1) is 13.4. The van der Waals surface area contributed by atoms with Gasteiger partial charge in [-0.1, -0.05) is 0 Å². The number of aliphatic hydroxyl groups excluding tert-OH is 1. The second-order valence-electron chi connectivity index (χ2n) is 4.59. The number of benzene rings is 1. The van der Waals surface area contributed by atoms with Gasteiger partial charge in [-0.05, 0) is 53.4 Å². The Hall–Kier alpha value is -1.07. The predicted octanol–water partition coefficient (Wildman–Crippen LogP) is 2.10. The molecule has 98 valence electrons. The SMILES string of the molecule is COc1ccc(Br)c(C(=O)NC2(CO)CCC2)c1. The van der Waals surface area contributed by atoms with Crippen molar-refractivity contribution in [2.75, 3.05) is 13.7 Å². The number of halogens is 1. The number of carbonyl (C=O) groups is 1. The quantitative estimate of drug-likeness (QED) is 0.895. The molecule has 0 saturated heterocycles. The van der Waals surface area contributed by atoms with Crippen LogP contribution in [0.1, 0.15) is 29.6 Å². The maximum Gasteiger partial charge on any atom is 0.253 e. The van der Waals surface area contributed by atoms with Crippen molar-refractivity contribution in [3.05, 3.63) is 28.2 Å². The van der Waals surface area contributed by atoms with Crippen LogP contribution < -0.4 is 10.1 Å². The second kappa shape index (κ2) is 5.28. The molecule has 0 spiro atoms. The van der Waals surface area contributed by atoms with Crippen LogP contribution in [-0.4, -0.2) is 30.3 Å². The number of ether oxygens (including phenoxy) is 1. The van der Waals surface area contributed by atoms with E-state index in [1.807, 2.05) is 0 Å². The van der Waals surface area contributed by atoms with E-state index < -0.39 is 5.54 Å². The van der Waals surface area contributed by atoms with E-state index in [2.05, 4.69) is 21.2 Å². The maximum absolute atomic E-state index is 12.2. The third-order valence-corrected chi connectivity index (χ3v) is 4.10. The lowest BCUT2D eigenvalue weighted by molar-refractivity contribution is 0.0641. The minimum absolute atomic E-state index is 0.0136. The van der Waals surface area contributed by atoms with Crippen molar-refractivity contribution >= 4 is 21.8 Å². The molecule has 0 aliphatic heterocycles. The lowest BCUT2D eigenvalue weighted by Gasteiger charge is -2.41. The van der Waals surface area contributed by atoms with Crippen LogP contribution in [0.5, 0.6) is 5.75 Å². The van der Waals surface area contributed by atoms with Gasteiger partial charge in [-0.3, -0.25) is 4.79 Å². The molecule has 4 nitrogen and oxygen atoms in total. The molecular formula is C13H16BrNO3. The summed E-state index contributed by atoms with van der Waals surface area (Å²) in [6.07, 6.45) is 2.70. The van der Waals surface area contributed by atoms with Gasteiger partial charge in [0, 0.05) is 4.47 Å². The lowest BCUT2D eigenvalue weighted by Crippen LogP contribution is -2.56. The van der Waals surface area contributed by atoms with E-state index in [4.69, 9.17) is 4.74 Å². The summed E-state index contributed by atoms with van der Waals surface area (Å²) in [5.41, 5.74) is 0.0913. The summed E-state index contributed by atoms with van der Waals surface area (Å²) in [7, 11) is 1.56. The van der Waals surface area contributed by atoms with E-state index in [9.17, 15) is 9.90 Å². The van der Waals surface area contributed by atoms with E-state index in [1.165, 1.54) is 0 Å². The molecule has 0 heterocycles. The molecule has 2 N–H and O–H groups in total. The summed E-state index contributed by atoms with van der Waals surface area (Å²) in [5, 5.41) is 12.3. The van der Waals surface area contributed by atoms with Crippen LogP contribution >= 0.6 is 15.9 Å². The molecule has 18 heavy (non-hydrogen) atoms. The Kier molecular flexibility index (Phi) is 3.92. The van der Waals surface area contributed by atoms with Crippen LogP contribution in [0.2, 0.25) is 0 Å². The fraction of sp³-hybridized carbons (Fsp3) is 0.462. The standard InChI is InChI=1S/C13H16BrNO3/c1-18-9-3-4-11(14)10(7-9)12(17)15-13(8-16)5-2-6-13/h3-4,7,16H,2,5-6,8H2,1H3,(H,15,17). The molecule has 1 saturated carbocycles. The van der Waals surface area contributed by atoms with Crippen molar-refractivity contribution in [1.29, 1.82) is 0 Å². The van der Waals surface area contributed by atoms with Crippen molar-refractivity contribution in [2.24, 2.45) is 0 Å². The summed E-state index contributed by atoms with van der Waals surface area (Å²) in [6, 6.07) is 5.25. The van der Waals surface area contributed by atoms with Crippen LogP contribution in [-0.2, 0) is 0 Å². The van der Waals surface area contributed by atoms with E-state index in [0.717, 1.165) is 19.3 Å². The molecule has 0 unspecified atom stereocenters. The normalized spacial score (nSPS) is 16.8. The Morgan fingerprint density at radius 2 is 2.28 bits per heavy atom. The molecule has 0 bridgehead atoms. The molecule has 1 aromatic carbocycles. The largest absolute Gasteiger partial charge is 0.497 e. The molecule has 0 atom stereocenters. The van der Waals surface area contributed by atoms with Gasteiger partial charge in [0.15, 0.2) is 0 Å². The number of methoxy groups -OCH3 is 1. The van der Waals surface area contributed by atoms with Gasteiger partial charge in [0.25, 0.3) is 5.91 Å².